The van der Waals surface area contributed by atoms with E-state index in [-0.39, 0.29) is 20.9 Å². The van der Waals surface area contributed by atoms with Crippen molar-refractivity contribution in [3.63, 3.8) is 0 Å². The maximum absolute atomic E-state index is 3.83. The number of anilines is 6. The summed E-state index contributed by atoms with van der Waals surface area (Å²) >= 11 is 0. The van der Waals surface area contributed by atoms with Gasteiger partial charge >= 0.3 is 20.9 Å². The fraction of sp³-hybridized carbons (Fsp3) is 0. The minimum atomic E-state index is -0.0996. The van der Waals surface area contributed by atoms with E-state index in [9.17, 15) is 0 Å². The lowest BCUT2D eigenvalue weighted by molar-refractivity contribution is 1.55. The van der Waals surface area contributed by atoms with Crippen LogP contribution < -0.4 is 47.8 Å². The first-order chi connectivity index (χ1) is 51.9. The van der Waals surface area contributed by atoms with Crippen LogP contribution in [0, 0.1) is 0 Å². The first-order valence-electron chi connectivity index (χ1n) is 36.4. The van der Waals surface area contributed by atoms with Gasteiger partial charge in [-0.3, -0.25) is 0 Å². The highest BCUT2D eigenvalue weighted by Crippen LogP contribution is 2.51. The molecule has 486 valence electrons. The molecule has 0 spiro atoms. The van der Waals surface area contributed by atoms with Crippen LogP contribution in [-0.4, -0.2) is 20.9 Å². The van der Waals surface area contributed by atoms with Crippen molar-refractivity contribution in [1.82, 2.24) is 0 Å². The van der Waals surface area contributed by atoms with E-state index >= 15 is 0 Å². The van der Waals surface area contributed by atoms with Crippen LogP contribution in [0.1, 0.15) is 50.1 Å². The summed E-state index contributed by atoms with van der Waals surface area (Å²) in [5.74, 6) is 0. The summed E-state index contributed by atoms with van der Waals surface area (Å²) in [5.41, 5.74) is 39.2. The Hall–Kier alpha value is -13.5. The molecule has 0 amide bonds. The van der Waals surface area contributed by atoms with E-state index in [0.717, 1.165) is 84.2 Å². The zero-order valence-corrected chi connectivity index (χ0v) is 57.1. The highest BCUT2D eigenvalue weighted by molar-refractivity contribution is 6.81. The molecule has 0 fully saturated rings. The molecule has 6 aliphatic rings. The lowest BCUT2D eigenvalue weighted by atomic mass is 9.65. The van der Waals surface area contributed by atoms with Gasteiger partial charge in [0.2, 0.25) is 0 Å². The Labute approximate surface area is 610 Å². The van der Waals surface area contributed by atoms with Crippen LogP contribution in [0.2, 0.25) is 0 Å². The Balaban J connectivity index is 0.666. The van der Waals surface area contributed by atoms with Gasteiger partial charge in [-0.05, 0) is 257 Å². The summed E-state index contributed by atoms with van der Waals surface area (Å²) in [6.45, 7) is -0.299. The van der Waals surface area contributed by atoms with Crippen molar-refractivity contribution in [3.05, 3.63) is 378 Å². The molecule has 6 N–H and O–H groups in total. The fourth-order valence-electron chi connectivity index (χ4n) is 17.7. The average Bonchev–Trinajstić information content (AvgIpc) is 1.60. The van der Waals surface area contributed by atoms with E-state index < -0.39 is 0 Å². The normalized spacial score (nSPS) is 14.7. The molecular formula is C96H63B3N6. The highest BCUT2D eigenvalue weighted by atomic mass is 15.0. The Bertz CT molecular complexity index is 5790. The van der Waals surface area contributed by atoms with Crippen LogP contribution in [0.25, 0.3) is 134 Å². The van der Waals surface area contributed by atoms with Crippen LogP contribution in [-0.2, 0) is 0 Å². The molecule has 105 heavy (non-hydrogen) atoms. The van der Waals surface area contributed by atoms with Gasteiger partial charge in [0.25, 0.3) is 0 Å². The highest BCUT2D eigenvalue weighted by Gasteiger charge is 2.32. The average molecular weight is 1330 g/mol. The van der Waals surface area contributed by atoms with Crippen molar-refractivity contribution in [1.29, 1.82) is 0 Å². The van der Waals surface area contributed by atoms with Crippen LogP contribution in [0.15, 0.2) is 328 Å². The summed E-state index contributed by atoms with van der Waals surface area (Å²) in [5, 5.41) is 30.3. The van der Waals surface area contributed by atoms with Gasteiger partial charge in [0.05, 0.1) is 0 Å². The van der Waals surface area contributed by atoms with Crippen LogP contribution in [0.3, 0.4) is 0 Å². The number of hydrogen-bond donors (Lipinski definition) is 6. The molecule has 0 unspecified atom stereocenters. The second-order valence-corrected chi connectivity index (χ2v) is 28.7. The van der Waals surface area contributed by atoms with E-state index in [1.807, 2.05) is 0 Å². The largest absolute Gasteiger partial charge is 0.406 e. The molecule has 3 aliphatic heterocycles. The third-order valence-corrected chi connectivity index (χ3v) is 22.6. The number of hydrogen-bond acceptors (Lipinski definition) is 6. The van der Waals surface area contributed by atoms with Gasteiger partial charge in [0.15, 0.2) is 0 Å². The molecule has 0 saturated heterocycles. The summed E-state index contributed by atoms with van der Waals surface area (Å²) in [6.07, 6.45) is 7.20. The third kappa shape index (κ3) is 9.84. The molecule has 16 aromatic rings. The van der Waals surface area contributed by atoms with E-state index in [2.05, 4.69) is 377 Å². The molecule has 0 saturated carbocycles. The molecule has 22 rings (SSSR count). The van der Waals surface area contributed by atoms with Gasteiger partial charge in [0.1, 0.15) is 0 Å². The second kappa shape index (κ2) is 23.5. The van der Waals surface area contributed by atoms with Crippen LogP contribution in [0.4, 0.5) is 34.1 Å². The number of nitrogens with one attached hydrogen (secondary N) is 6. The molecule has 0 bridgehead atoms. The first kappa shape index (κ1) is 59.2. The molecule has 3 heterocycles. The maximum Gasteiger partial charge on any atom is 0.406 e. The Morgan fingerprint density at radius 3 is 0.705 bits per heavy atom. The summed E-state index contributed by atoms with van der Waals surface area (Å²) in [6, 6.07) is 122. The SMILES string of the molecule is C(=C1/c2ccccc2-c2ccc(-c3cc(-c4ccc5c(c4)/C(=C/c4cccc(B6Nc7cccc8cccc(c78)N6)c4)c4ccccc4-5)cc(-c4ccc5c(c4)/C(=C/c4cccc(B6Nc7cccc8cccc(c78)N6)c4)c4ccccc4-5)c3)cc21)/c1cccc(B2Nc3cccc4cccc(c34)N2)c1. The predicted molar refractivity (Wildman–Crippen MR) is 449 cm³/mol. The Kier molecular flexibility index (Phi) is 13.3. The monoisotopic (exact) mass is 1330 g/mol. The lowest BCUT2D eigenvalue weighted by Gasteiger charge is -2.27. The molecule has 0 radical (unpaired) electrons. The Morgan fingerprint density at radius 1 is 0.181 bits per heavy atom. The summed E-state index contributed by atoms with van der Waals surface area (Å²) in [4.78, 5) is 0. The Morgan fingerprint density at radius 2 is 0.429 bits per heavy atom. The smallest absolute Gasteiger partial charge is 0.405 e. The van der Waals surface area contributed by atoms with Crippen molar-refractivity contribution in [3.8, 4) is 66.8 Å². The fourth-order valence-corrected chi connectivity index (χ4v) is 17.7. The molecule has 0 atom stereocenters. The minimum Gasteiger partial charge on any atom is -0.405 e. The third-order valence-electron chi connectivity index (χ3n) is 22.6. The van der Waals surface area contributed by atoms with Crippen LogP contribution >= 0.6 is 0 Å². The molecule has 3 aliphatic carbocycles. The standard InChI is InChI=1S/C96H63B3N6/c1-4-31-76-73(28-1)79-43-40-64(55-85(79)82(76)49-58-16-7-25-70(46-58)97-100-88-34-10-19-61-20-11-35-89(101-97)94(61)88)67-52-68(65-41-44-80-74-29-2-5-32-77(74)83(86(80)56-65)50-59-17-8-26-71(47-59)98-102-90-36-12-21-62-22-13-37-91(103-98)95(62)90)54-69(53-67)66-42-45-81-75-30-3-6-33-78(75)84(87(81)57-66)51-60-18-9-27-72(48-60)99-104-92-38-14-23-63-24-15-39-93(105-99)96(63)92/h1-57,100-105H/b82-49+,83-50+,84-51+. The van der Waals surface area contributed by atoms with E-state index in [1.54, 1.807) is 0 Å². The maximum atomic E-state index is 3.83. The molecule has 6 nitrogen and oxygen atoms in total. The molecule has 16 aromatic carbocycles. The van der Waals surface area contributed by atoms with Gasteiger partial charge in [-0.1, -0.05) is 255 Å². The molecule has 0 aromatic heterocycles. The topological polar surface area (TPSA) is 72.2 Å². The first-order valence-corrected chi connectivity index (χ1v) is 36.4. The molecular weight excluding hydrogens is 1270 g/mol. The predicted octanol–water partition coefficient (Wildman–Crippen LogP) is 21.6. The summed E-state index contributed by atoms with van der Waals surface area (Å²) < 4.78 is 0. The zero-order valence-electron chi connectivity index (χ0n) is 57.1. The summed E-state index contributed by atoms with van der Waals surface area (Å²) in [7, 11) is 0. The number of rotatable bonds is 9. The van der Waals surface area contributed by atoms with E-state index in [4.69, 9.17) is 0 Å². The van der Waals surface area contributed by atoms with Gasteiger partial charge in [-0.25, -0.2) is 0 Å². The quantitative estimate of drug-likeness (QED) is 0.0810. The second-order valence-electron chi connectivity index (χ2n) is 28.7. The van der Waals surface area contributed by atoms with E-state index in [1.165, 1.54) is 132 Å². The molecule has 9 heteroatoms. The van der Waals surface area contributed by atoms with Gasteiger partial charge in [0, 0.05) is 50.3 Å². The van der Waals surface area contributed by atoms with Crippen molar-refractivity contribution >= 4 is 139 Å². The van der Waals surface area contributed by atoms with E-state index in [0.29, 0.717) is 0 Å². The van der Waals surface area contributed by atoms with Crippen molar-refractivity contribution in [2.75, 3.05) is 31.4 Å². The number of fused-ring (bicyclic) bond motifs is 9. The van der Waals surface area contributed by atoms with Gasteiger partial charge < -0.3 is 31.4 Å². The zero-order chi connectivity index (χ0) is 68.8. The van der Waals surface area contributed by atoms with Crippen LogP contribution in [0.5, 0.6) is 0 Å². The lowest BCUT2D eigenvalue weighted by Crippen LogP contribution is -2.47. The van der Waals surface area contributed by atoms with Crippen molar-refractivity contribution in [2.24, 2.45) is 0 Å². The number of benzene rings is 16. The van der Waals surface area contributed by atoms with Crippen molar-refractivity contribution < 1.29 is 0 Å². The van der Waals surface area contributed by atoms with Crippen molar-refractivity contribution in [2.45, 2.75) is 0 Å². The van der Waals surface area contributed by atoms with Gasteiger partial charge in [-0.15, -0.1) is 0 Å². The van der Waals surface area contributed by atoms with Gasteiger partial charge in [-0.2, -0.15) is 0 Å². The minimum absolute atomic E-state index is 0.0996.